The van der Waals surface area contributed by atoms with Crippen molar-refractivity contribution in [2.75, 3.05) is 30.4 Å². The first-order valence-electron chi connectivity index (χ1n) is 10.5. The van der Waals surface area contributed by atoms with Crippen molar-refractivity contribution in [1.82, 2.24) is 5.32 Å². The van der Waals surface area contributed by atoms with Crippen LogP contribution in [0, 0.1) is 20.8 Å². The number of nitrogens with zero attached hydrogens (tertiary/aromatic N) is 1. The van der Waals surface area contributed by atoms with Gasteiger partial charge in [0, 0.05) is 18.4 Å². The van der Waals surface area contributed by atoms with E-state index in [2.05, 4.69) is 10.6 Å². The number of para-hydroxylation sites is 1. The lowest BCUT2D eigenvalue weighted by Crippen LogP contribution is -2.39. The minimum absolute atomic E-state index is 0.0801. The van der Waals surface area contributed by atoms with Crippen LogP contribution in [0.25, 0.3) is 0 Å². The van der Waals surface area contributed by atoms with E-state index >= 15 is 0 Å². The average molecular weight is 432 g/mol. The molecule has 0 radical (unpaired) electrons. The van der Waals surface area contributed by atoms with Crippen LogP contribution >= 0.6 is 0 Å². The topological polar surface area (TPSA) is 70.7 Å². The fourth-order valence-corrected chi connectivity index (χ4v) is 3.50. The van der Waals surface area contributed by atoms with Crippen LogP contribution in [-0.2, 0) is 9.59 Å². The quantitative estimate of drug-likeness (QED) is 0.547. The Morgan fingerprint density at radius 3 is 2.06 bits per heavy atom. The molecule has 3 aromatic rings. The van der Waals surface area contributed by atoms with Crippen LogP contribution in [0.1, 0.15) is 16.7 Å². The molecule has 2 amide bonds. The highest BCUT2D eigenvalue weighted by Gasteiger charge is 2.12. The second-order valence-corrected chi connectivity index (χ2v) is 7.86. The summed E-state index contributed by atoms with van der Waals surface area (Å²) in [6, 6.07) is 21.1. The minimum atomic E-state index is -0.251. The van der Waals surface area contributed by atoms with Crippen molar-refractivity contribution in [3.8, 4) is 11.5 Å². The molecule has 32 heavy (non-hydrogen) atoms. The molecule has 6 nitrogen and oxygen atoms in total. The zero-order valence-corrected chi connectivity index (χ0v) is 18.9. The normalized spacial score (nSPS) is 10.4. The summed E-state index contributed by atoms with van der Waals surface area (Å²) in [5.41, 5.74) is 4.82. The molecule has 6 heteroatoms. The molecule has 0 saturated heterocycles. The molecule has 0 aliphatic heterocycles. The molecule has 0 aliphatic rings. The first-order valence-corrected chi connectivity index (χ1v) is 10.5. The molecule has 166 valence electrons. The van der Waals surface area contributed by atoms with Gasteiger partial charge in [-0.05, 0) is 68.3 Å². The fourth-order valence-electron chi connectivity index (χ4n) is 3.50. The van der Waals surface area contributed by atoms with Gasteiger partial charge in [0.05, 0.1) is 13.1 Å². The molecule has 0 aromatic heterocycles. The van der Waals surface area contributed by atoms with Crippen molar-refractivity contribution in [2.24, 2.45) is 0 Å². The molecule has 0 aliphatic carbocycles. The number of amides is 2. The van der Waals surface area contributed by atoms with Gasteiger partial charge in [-0.25, -0.2) is 0 Å². The van der Waals surface area contributed by atoms with Crippen LogP contribution in [0.3, 0.4) is 0 Å². The predicted molar refractivity (Wildman–Crippen MR) is 129 cm³/mol. The maximum atomic E-state index is 12.3. The van der Waals surface area contributed by atoms with E-state index in [1.807, 2.05) is 99.4 Å². The molecule has 0 atom stereocenters. The highest BCUT2D eigenvalue weighted by Crippen LogP contribution is 2.24. The molecule has 0 saturated carbocycles. The van der Waals surface area contributed by atoms with Gasteiger partial charge in [-0.15, -0.1) is 0 Å². The number of carbonyl (C=O) groups is 2. The van der Waals surface area contributed by atoms with E-state index in [-0.39, 0.29) is 24.9 Å². The number of aryl methyl sites for hydroxylation is 3. The number of likely N-dealkylation sites (N-methyl/N-ethyl adjacent to an activating group) is 1. The molecule has 0 fully saturated rings. The van der Waals surface area contributed by atoms with Crippen molar-refractivity contribution in [3.63, 3.8) is 0 Å². The van der Waals surface area contributed by atoms with Crippen LogP contribution in [-0.4, -0.2) is 32.0 Å². The summed E-state index contributed by atoms with van der Waals surface area (Å²) in [5, 5.41) is 5.57. The molecule has 3 rings (SSSR count). The summed E-state index contributed by atoms with van der Waals surface area (Å²) >= 11 is 0. The molecular weight excluding hydrogens is 402 g/mol. The average Bonchev–Trinajstić information content (AvgIpc) is 2.76. The summed E-state index contributed by atoms with van der Waals surface area (Å²) in [4.78, 5) is 26.4. The Morgan fingerprint density at radius 1 is 0.844 bits per heavy atom. The van der Waals surface area contributed by atoms with Crippen LogP contribution < -0.4 is 20.3 Å². The van der Waals surface area contributed by atoms with E-state index < -0.39 is 0 Å². The Kier molecular flexibility index (Phi) is 7.49. The van der Waals surface area contributed by atoms with Gasteiger partial charge in [-0.3, -0.25) is 9.59 Å². The van der Waals surface area contributed by atoms with Crippen LogP contribution in [0.4, 0.5) is 11.4 Å². The summed E-state index contributed by atoms with van der Waals surface area (Å²) in [5.74, 6) is 1.00. The van der Waals surface area contributed by atoms with Gasteiger partial charge in [0.1, 0.15) is 11.5 Å². The van der Waals surface area contributed by atoms with Crippen molar-refractivity contribution in [2.45, 2.75) is 20.8 Å². The molecular formula is C26H29N3O3. The minimum Gasteiger partial charge on any atom is -0.457 e. The van der Waals surface area contributed by atoms with Crippen molar-refractivity contribution >= 4 is 23.2 Å². The number of rotatable bonds is 8. The van der Waals surface area contributed by atoms with E-state index in [9.17, 15) is 9.59 Å². The molecule has 0 heterocycles. The standard InChI is InChI=1S/C26H29N3O3/c1-18-14-19(2)26(20(3)15-18)28-24(30)16-27-25(31)17-29(4)21-10-12-23(13-11-21)32-22-8-6-5-7-9-22/h5-15H,16-17H2,1-4H3,(H,27,31)(H,28,30). The van der Waals surface area contributed by atoms with Gasteiger partial charge in [0.25, 0.3) is 0 Å². The number of benzene rings is 3. The lowest BCUT2D eigenvalue weighted by atomic mass is 10.1. The second-order valence-electron chi connectivity index (χ2n) is 7.86. The number of carbonyl (C=O) groups excluding carboxylic acids is 2. The number of hydrogen-bond acceptors (Lipinski definition) is 4. The second kappa shape index (κ2) is 10.5. The number of hydrogen-bond donors (Lipinski definition) is 2. The summed E-state index contributed by atoms with van der Waals surface area (Å²) in [6.45, 7) is 5.99. The highest BCUT2D eigenvalue weighted by molar-refractivity contribution is 5.96. The van der Waals surface area contributed by atoms with E-state index in [1.165, 1.54) is 0 Å². The largest absolute Gasteiger partial charge is 0.457 e. The number of ether oxygens (including phenoxy) is 1. The Morgan fingerprint density at radius 2 is 1.44 bits per heavy atom. The van der Waals surface area contributed by atoms with Crippen molar-refractivity contribution in [3.05, 3.63) is 83.4 Å². The van der Waals surface area contributed by atoms with Crippen molar-refractivity contribution in [1.29, 1.82) is 0 Å². The van der Waals surface area contributed by atoms with E-state index in [0.717, 1.165) is 39.6 Å². The first-order chi connectivity index (χ1) is 15.3. The van der Waals surface area contributed by atoms with Crippen LogP contribution in [0.2, 0.25) is 0 Å². The molecule has 0 unspecified atom stereocenters. The molecule has 0 spiro atoms. The monoisotopic (exact) mass is 431 g/mol. The predicted octanol–water partition coefficient (Wildman–Crippen LogP) is 4.60. The van der Waals surface area contributed by atoms with Crippen molar-refractivity contribution < 1.29 is 14.3 Å². The molecule has 0 bridgehead atoms. The lowest BCUT2D eigenvalue weighted by Gasteiger charge is -2.19. The first kappa shape index (κ1) is 22.9. The van der Waals surface area contributed by atoms with Gasteiger partial charge < -0.3 is 20.3 Å². The summed E-state index contributed by atoms with van der Waals surface area (Å²) in [6.07, 6.45) is 0. The van der Waals surface area contributed by atoms with E-state index in [1.54, 1.807) is 0 Å². The lowest BCUT2D eigenvalue weighted by molar-refractivity contribution is -0.123. The summed E-state index contributed by atoms with van der Waals surface area (Å²) in [7, 11) is 1.83. The maximum absolute atomic E-state index is 12.3. The van der Waals surface area contributed by atoms with Gasteiger partial charge in [-0.2, -0.15) is 0 Å². The smallest absolute Gasteiger partial charge is 0.243 e. The van der Waals surface area contributed by atoms with E-state index in [0.29, 0.717) is 0 Å². The third kappa shape index (κ3) is 6.35. The SMILES string of the molecule is Cc1cc(C)c(NC(=O)CNC(=O)CN(C)c2ccc(Oc3ccccc3)cc2)c(C)c1. The van der Waals surface area contributed by atoms with Gasteiger partial charge in [0.15, 0.2) is 0 Å². The Balaban J connectivity index is 1.47. The third-order valence-electron chi connectivity index (χ3n) is 5.02. The van der Waals surface area contributed by atoms with Gasteiger partial charge >= 0.3 is 0 Å². The molecule has 3 aromatic carbocycles. The van der Waals surface area contributed by atoms with Gasteiger partial charge in [-0.1, -0.05) is 35.9 Å². The maximum Gasteiger partial charge on any atom is 0.243 e. The molecule has 2 N–H and O–H groups in total. The number of nitrogens with one attached hydrogen (secondary N) is 2. The van der Waals surface area contributed by atoms with Gasteiger partial charge in [0.2, 0.25) is 11.8 Å². The zero-order valence-electron chi connectivity index (χ0n) is 18.9. The zero-order chi connectivity index (χ0) is 23.1. The van der Waals surface area contributed by atoms with Crippen LogP contribution in [0.5, 0.6) is 11.5 Å². The third-order valence-corrected chi connectivity index (χ3v) is 5.02. The summed E-state index contributed by atoms with van der Waals surface area (Å²) < 4.78 is 5.79. The van der Waals surface area contributed by atoms with Crippen LogP contribution in [0.15, 0.2) is 66.7 Å². The fraction of sp³-hybridized carbons (Fsp3) is 0.231. The van der Waals surface area contributed by atoms with E-state index in [4.69, 9.17) is 4.74 Å². The Hall–Kier alpha value is -3.80. The Bertz CT molecular complexity index is 1060. The Labute approximate surface area is 189 Å². The number of anilines is 2. The highest BCUT2D eigenvalue weighted by atomic mass is 16.5.